The molecule has 0 aliphatic heterocycles. The highest BCUT2D eigenvalue weighted by molar-refractivity contribution is 6.33. The van der Waals surface area contributed by atoms with E-state index in [4.69, 9.17) is 25.8 Å². The summed E-state index contributed by atoms with van der Waals surface area (Å²) in [6, 6.07) is 15.2. The van der Waals surface area contributed by atoms with Crippen molar-refractivity contribution >= 4 is 17.6 Å². The third kappa shape index (κ3) is 3.75. The van der Waals surface area contributed by atoms with Crippen LogP contribution in [0.25, 0.3) is 11.3 Å². The van der Waals surface area contributed by atoms with Crippen molar-refractivity contribution in [1.29, 1.82) is 0 Å². The highest BCUT2D eigenvalue weighted by Gasteiger charge is 2.14. The number of hydrogen-bond acceptors (Lipinski definition) is 6. The van der Waals surface area contributed by atoms with E-state index in [2.05, 4.69) is 10.2 Å². The molecule has 0 radical (unpaired) electrons. The molecule has 0 fully saturated rings. The van der Waals surface area contributed by atoms with E-state index < -0.39 is 5.97 Å². The fourth-order valence-electron chi connectivity index (χ4n) is 2.31. The Bertz CT molecular complexity index is 929. The van der Waals surface area contributed by atoms with Gasteiger partial charge in [0.05, 0.1) is 30.5 Å². The molecule has 2 aromatic carbocycles. The van der Waals surface area contributed by atoms with Crippen LogP contribution in [0.15, 0.2) is 54.6 Å². The number of rotatable bonds is 5. The lowest BCUT2D eigenvalue weighted by Crippen LogP contribution is -2.10. The van der Waals surface area contributed by atoms with Gasteiger partial charge in [-0.2, -0.15) is 0 Å². The lowest BCUT2D eigenvalue weighted by Gasteiger charge is -2.10. The van der Waals surface area contributed by atoms with Crippen LogP contribution in [0, 0.1) is 0 Å². The second kappa shape index (κ2) is 7.84. The summed E-state index contributed by atoms with van der Waals surface area (Å²) in [6.07, 6.45) is 0. The Labute approximate surface area is 155 Å². The van der Waals surface area contributed by atoms with Crippen LogP contribution in [0.4, 0.5) is 0 Å². The molecule has 3 rings (SSSR count). The minimum atomic E-state index is -0.600. The Morgan fingerprint density at radius 1 is 0.962 bits per heavy atom. The second-order valence-corrected chi connectivity index (χ2v) is 5.60. The molecule has 1 aromatic heterocycles. The molecule has 0 spiro atoms. The molecular formula is C19H15ClN2O4. The van der Waals surface area contributed by atoms with Crippen molar-refractivity contribution in [3.8, 4) is 28.6 Å². The summed E-state index contributed by atoms with van der Waals surface area (Å²) in [5.74, 6) is 0.759. The van der Waals surface area contributed by atoms with Crippen LogP contribution in [0.3, 0.4) is 0 Å². The summed E-state index contributed by atoms with van der Waals surface area (Å²) in [6.45, 7) is 0. The summed E-state index contributed by atoms with van der Waals surface area (Å²) in [5, 5.41) is 8.36. The SMILES string of the molecule is COc1ccc(OC)c(-c2ccc(OC(=O)c3ccccc3Cl)nn2)c1. The number of halogens is 1. The van der Waals surface area contributed by atoms with Gasteiger partial charge in [0.25, 0.3) is 0 Å². The molecule has 6 nitrogen and oxygen atoms in total. The standard InChI is InChI=1S/C19H15ClN2O4/c1-24-12-7-9-17(25-2)14(11-12)16-8-10-18(22-21-16)26-19(23)13-5-3-4-6-15(13)20/h3-11H,1-2H3. The Morgan fingerprint density at radius 2 is 1.77 bits per heavy atom. The molecule has 0 saturated carbocycles. The van der Waals surface area contributed by atoms with Crippen molar-refractivity contribution in [3.05, 3.63) is 65.2 Å². The highest BCUT2D eigenvalue weighted by atomic mass is 35.5. The van der Waals surface area contributed by atoms with Gasteiger partial charge in [-0.1, -0.05) is 23.7 Å². The van der Waals surface area contributed by atoms with E-state index >= 15 is 0 Å². The lowest BCUT2D eigenvalue weighted by molar-refractivity contribution is 0.0726. The van der Waals surface area contributed by atoms with Gasteiger partial charge in [0.1, 0.15) is 11.5 Å². The number of methoxy groups -OCH3 is 2. The monoisotopic (exact) mass is 370 g/mol. The first-order valence-corrected chi connectivity index (χ1v) is 8.03. The molecule has 0 N–H and O–H groups in total. The number of carbonyl (C=O) groups excluding carboxylic acids is 1. The number of carbonyl (C=O) groups is 1. The predicted octanol–water partition coefficient (Wildman–Crippen LogP) is 4.03. The van der Waals surface area contributed by atoms with Gasteiger partial charge in [0.2, 0.25) is 5.88 Å². The van der Waals surface area contributed by atoms with E-state index in [1.807, 2.05) is 0 Å². The largest absolute Gasteiger partial charge is 0.497 e. The Kier molecular flexibility index (Phi) is 5.34. The van der Waals surface area contributed by atoms with Gasteiger partial charge in [-0.15, -0.1) is 10.2 Å². The Morgan fingerprint density at radius 3 is 2.42 bits per heavy atom. The van der Waals surface area contributed by atoms with Gasteiger partial charge in [0, 0.05) is 11.6 Å². The molecule has 1 heterocycles. The van der Waals surface area contributed by atoms with Crippen LogP contribution in [0.5, 0.6) is 17.4 Å². The van der Waals surface area contributed by atoms with Crippen molar-refractivity contribution < 1.29 is 19.0 Å². The molecule has 0 aliphatic carbocycles. The van der Waals surface area contributed by atoms with E-state index in [1.165, 1.54) is 0 Å². The molecule has 0 saturated heterocycles. The predicted molar refractivity (Wildman–Crippen MR) is 97.0 cm³/mol. The van der Waals surface area contributed by atoms with Gasteiger partial charge in [-0.25, -0.2) is 4.79 Å². The third-order valence-electron chi connectivity index (χ3n) is 3.61. The number of ether oxygens (including phenoxy) is 3. The Hall–Kier alpha value is -3.12. The van der Waals surface area contributed by atoms with Crippen molar-refractivity contribution in [1.82, 2.24) is 10.2 Å². The maximum Gasteiger partial charge on any atom is 0.346 e. The van der Waals surface area contributed by atoms with Crippen LogP contribution >= 0.6 is 11.6 Å². The molecule has 0 unspecified atom stereocenters. The Balaban J connectivity index is 1.83. The highest BCUT2D eigenvalue weighted by Crippen LogP contribution is 2.32. The number of aromatic nitrogens is 2. The number of nitrogens with zero attached hydrogens (tertiary/aromatic N) is 2. The average Bonchev–Trinajstić information content (AvgIpc) is 2.68. The summed E-state index contributed by atoms with van der Waals surface area (Å²) in [4.78, 5) is 12.2. The molecule has 132 valence electrons. The van der Waals surface area contributed by atoms with Crippen LogP contribution in [-0.2, 0) is 0 Å². The minimum absolute atomic E-state index is 0.0699. The van der Waals surface area contributed by atoms with Gasteiger partial charge in [-0.3, -0.25) is 0 Å². The molecule has 26 heavy (non-hydrogen) atoms. The minimum Gasteiger partial charge on any atom is -0.497 e. The van der Waals surface area contributed by atoms with E-state index in [1.54, 1.807) is 68.8 Å². The smallest absolute Gasteiger partial charge is 0.346 e. The first kappa shape index (κ1) is 17.7. The van der Waals surface area contributed by atoms with Gasteiger partial charge >= 0.3 is 5.97 Å². The average molecular weight is 371 g/mol. The molecule has 3 aromatic rings. The van der Waals surface area contributed by atoms with Crippen LogP contribution in [0.1, 0.15) is 10.4 Å². The fraction of sp³-hybridized carbons (Fsp3) is 0.105. The fourth-order valence-corrected chi connectivity index (χ4v) is 2.52. The second-order valence-electron chi connectivity index (χ2n) is 5.19. The first-order valence-electron chi connectivity index (χ1n) is 7.65. The van der Waals surface area contributed by atoms with Gasteiger partial charge in [-0.05, 0) is 36.4 Å². The van der Waals surface area contributed by atoms with Crippen LogP contribution in [-0.4, -0.2) is 30.4 Å². The molecule has 0 bridgehead atoms. The number of hydrogen-bond donors (Lipinski definition) is 0. The molecule has 7 heteroatoms. The summed E-state index contributed by atoms with van der Waals surface area (Å²) in [5.41, 5.74) is 1.52. The van der Waals surface area contributed by atoms with Gasteiger partial charge in [0.15, 0.2) is 0 Å². The van der Waals surface area contributed by atoms with Crippen molar-refractivity contribution in [2.45, 2.75) is 0 Å². The third-order valence-corrected chi connectivity index (χ3v) is 3.94. The summed E-state index contributed by atoms with van der Waals surface area (Å²) >= 11 is 5.99. The van der Waals surface area contributed by atoms with Crippen LogP contribution in [0.2, 0.25) is 5.02 Å². The normalized spacial score (nSPS) is 10.3. The van der Waals surface area contributed by atoms with Crippen molar-refractivity contribution in [2.75, 3.05) is 14.2 Å². The molecule has 0 aliphatic rings. The summed E-state index contributed by atoms with van der Waals surface area (Å²) in [7, 11) is 3.15. The zero-order valence-corrected chi connectivity index (χ0v) is 14.9. The zero-order chi connectivity index (χ0) is 18.5. The van der Waals surface area contributed by atoms with Gasteiger partial charge < -0.3 is 14.2 Å². The number of esters is 1. The van der Waals surface area contributed by atoms with E-state index in [0.29, 0.717) is 27.8 Å². The van der Waals surface area contributed by atoms with Crippen molar-refractivity contribution in [3.63, 3.8) is 0 Å². The molecule has 0 atom stereocenters. The zero-order valence-electron chi connectivity index (χ0n) is 14.1. The summed E-state index contributed by atoms with van der Waals surface area (Å²) < 4.78 is 15.8. The lowest BCUT2D eigenvalue weighted by atomic mass is 10.1. The van der Waals surface area contributed by atoms with E-state index in [0.717, 1.165) is 0 Å². The molecular weight excluding hydrogens is 356 g/mol. The molecule has 0 amide bonds. The first-order chi connectivity index (χ1) is 12.6. The maximum absolute atomic E-state index is 12.2. The van der Waals surface area contributed by atoms with E-state index in [-0.39, 0.29) is 11.4 Å². The van der Waals surface area contributed by atoms with E-state index in [9.17, 15) is 4.79 Å². The van der Waals surface area contributed by atoms with Crippen LogP contribution < -0.4 is 14.2 Å². The maximum atomic E-state index is 12.2. The van der Waals surface area contributed by atoms with Crippen molar-refractivity contribution in [2.24, 2.45) is 0 Å². The topological polar surface area (TPSA) is 70.5 Å². The number of benzene rings is 2. The quantitative estimate of drug-likeness (QED) is 0.631.